The van der Waals surface area contributed by atoms with Gasteiger partial charge in [-0.15, -0.1) is 24.0 Å². The molecule has 6 nitrogen and oxygen atoms in total. The van der Waals surface area contributed by atoms with E-state index in [0.29, 0.717) is 19.8 Å². The minimum Gasteiger partial charge on any atom is -0.396 e. The molecule has 1 aromatic rings. The zero-order valence-corrected chi connectivity index (χ0v) is 18.1. The van der Waals surface area contributed by atoms with Crippen molar-refractivity contribution in [3.05, 3.63) is 35.4 Å². The number of hydrogen-bond acceptors (Lipinski definition) is 4. The molecule has 0 aliphatic carbocycles. The maximum Gasteiger partial charge on any atom is 0.191 e. The molecule has 7 heteroatoms. The van der Waals surface area contributed by atoms with E-state index in [1.807, 2.05) is 6.92 Å². The van der Waals surface area contributed by atoms with E-state index in [0.717, 1.165) is 38.6 Å². The molecule has 1 fully saturated rings. The molecular weight excluding hydrogens is 445 g/mol. The van der Waals surface area contributed by atoms with E-state index in [1.165, 1.54) is 11.1 Å². The lowest BCUT2D eigenvalue weighted by Crippen LogP contribution is -2.44. The average Bonchev–Trinajstić information content (AvgIpc) is 3.10. The van der Waals surface area contributed by atoms with Crippen molar-refractivity contribution >= 4 is 29.9 Å². The summed E-state index contributed by atoms with van der Waals surface area (Å²) < 4.78 is 10.9. The van der Waals surface area contributed by atoms with Crippen molar-refractivity contribution in [2.75, 3.05) is 40.0 Å². The van der Waals surface area contributed by atoms with Crippen LogP contribution >= 0.6 is 24.0 Å². The molecule has 1 unspecified atom stereocenters. The Balaban J connectivity index is 0.00000338. The lowest BCUT2D eigenvalue weighted by molar-refractivity contribution is 0.127. The second-order valence-corrected chi connectivity index (χ2v) is 6.51. The van der Waals surface area contributed by atoms with Crippen LogP contribution in [0.2, 0.25) is 0 Å². The Labute approximate surface area is 173 Å². The third kappa shape index (κ3) is 7.38. The second-order valence-electron chi connectivity index (χ2n) is 6.51. The lowest BCUT2D eigenvalue weighted by Gasteiger charge is -2.27. The molecule has 1 aromatic carbocycles. The topological polar surface area (TPSA) is 75.1 Å². The number of aliphatic hydroxyl groups excluding tert-OH is 1. The van der Waals surface area contributed by atoms with Gasteiger partial charge in [-0.1, -0.05) is 24.3 Å². The first-order valence-corrected chi connectivity index (χ1v) is 9.00. The molecule has 3 N–H and O–H groups in total. The third-order valence-corrected chi connectivity index (χ3v) is 4.64. The first-order chi connectivity index (χ1) is 12.2. The number of aliphatic hydroxyl groups is 1. The molecule has 26 heavy (non-hydrogen) atoms. The standard InChI is InChI=1S/C19H31N3O3.HI/c1-3-24-13-17-6-4-16(5-7-17)12-21-18(20-2)22-14-19(8-10-23)9-11-25-15-19;/h4-7,23H,3,8-15H2,1-2H3,(H2,20,21,22);1H. The van der Waals surface area contributed by atoms with E-state index in [1.54, 1.807) is 7.05 Å². The molecule has 1 saturated heterocycles. The van der Waals surface area contributed by atoms with Crippen LogP contribution in [0.25, 0.3) is 0 Å². The zero-order valence-electron chi connectivity index (χ0n) is 15.8. The fourth-order valence-corrected chi connectivity index (χ4v) is 2.96. The molecule has 0 amide bonds. The van der Waals surface area contributed by atoms with Crippen molar-refractivity contribution in [2.24, 2.45) is 10.4 Å². The van der Waals surface area contributed by atoms with Crippen LogP contribution in [0, 0.1) is 5.41 Å². The highest BCUT2D eigenvalue weighted by Crippen LogP contribution is 2.31. The first kappa shape index (κ1) is 23.1. The number of guanidine groups is 1. The van der Waals surface area contributed by atoms with Gasteiger partial charge < -0.3 is 25.2 Å². The van der Waals surface area contributed by atoms with E-state index >= 15 is 0 Å². The van der Waals surface area contributed by atoms with Gasteiger partial charge in [0.2, 0.25) is 0 Å². The van der Waals surface area contributed by atoms with Crippen molar-refractivity contribution in [1.82, 2.24) is 10.6 Å². The van der Waals surface area contributed by atoms with Crippen LogP contribution in [0.3, 0.4) is 0 Å². The maximum atomic E-state index is 9.30. The number of nitrogens with zero attached hydrogens (tertiary/aromatic N) is 1. The van der Waals surface area contributed by atoms with Crippen LogP contribution in [0.1, 0.15) is 30.9 Å². The molecule has 0 aromatic heterocycles. The molecule has 0 bridgehead atoms. The Bertz CT molecular complexity index is 531. The van der Waals surface area contributed by atoms with Crippen LogP contribution in [0.15, 0.2) is 29.3 Å². The van der Waals surface area contributed by atoms with Crippen LogP contribution in [-0.2, 0) is 22.6 Å². The van der Waals surface area contributed by atoms with Gasteiger partial charge in [0.1, 0.15) is 0 Å². The smallest absolute Gasteiger partial charge is 0.191 e. The molecule has 148 valence electrons. The highest BCUT2D eigenvalue weighted by Gasteiger charge is 2.34. The van der Waals surface area contributed by atoms with Crippen molar-refractivity contribution in [3.8, 4) is 0 Å². The summed E-state index contributed by atoms with van der Waals surface area (Å²) in [7, 11) is 1.77. The summed E-state index contributed by atoms with van der Waals surface area (Å²) in [6, 6.07) is 8.39. The van der Waals surface area contributed by atoms with Gasteiger partial charge in [-0.3, -0.25) is 4.99 Å². The van der Waals surface area contributed by atoms with E-state index in [-0.39, 0.29) is 36.0 Å². The monoisotopic (exact) mass is 477 g/mol. The van der Waals surface area contributed by atoms with Crippen LogP contribution in [-0.4, -0.2) is 51.1 Å². The summed E-state index contributed by atoms with van der Waals surface area (Å²) in [4.78, 5) is 4.28. The number of halogens is 1. The largest absolute Gasteiger partial charge is 0.396 e. The molecule has 2 rings (SSSR count). The zero-order chi connectivity index (χ0) is 18.0. The van der Waals surface area contributed by atoms with Crippen LogP contribution < -0.4 is 10.6 Å². The van der Waals surface area contributed by atoms with E-state index in [4.69, 9.17) is 9.47 Å². The van der Waals surface area contributed by atoms with E-state index in [2.05, 4.69) is 39.9 Å². The van der Waals surface area contributed by atoms with Gasteiger partial charge >= 0.3 is 0 Å². The van der Waals surface area contributed by atoms with Gasteiger partial charge in [-0.2, -0.15) is 0 Å². The van der Waals surface area contributed by atoms with Crippen molar-refractivity contribution in [1.29, 1.82) is 0 Å². The average molecular weight is 477 g/mol. The highest BCUT2D eigenvalue weighted by atomic mass is 127. The molecule has 1 aliphatic heterocycles. The normalized spacial score (nSPS) is 19.9. The maximum absolute atomic E-state index is 9.30. The van der Waals surface area contributed by atoms with Crippen molar-refractivity contribution in [3.63, 3.8) is 0 Å². The van der Waals surface area contributed by atoms with Crippen LogP contribution in [0.5, 0.6) is 0 Å². The summed E-state index contributed by atoms with van der Waals surface area (Å²) in [6.07, 6.45) is 1.72. The number of hydrogen-bond donors (Lipinski definition) is 3. The number of benzene rings is 1. The van der Waals surface area contributed by atoms with Crippen molar-refractivity contribution in [2.45, 2.75) is 32.9 Å². The molecule has 0 radical (unpaired) electrons. The summed E-state index contributed by atoms with van der Waals surface area (Å²) in [5.41, 5.74) is 2.38. The van der Waals surface area contributed by atoms with E-state index < -0.39 is 0 Å². The number of aliphatic imine (C=N–C) groups is 1. The quantitative estimate of drug-likeness (QED) is 0.289. The SMILES string of the molecule is CCOCc1ccc(CNC(=NC)NCC2(CCO)CCOC2)cc1.I. The Kier molecular flexibility index (Phi) is 11.1. The van der Waals surface area contributed by atoms with Gasteiger partial charge in [-0.05, 0) is 30.9 Å². The molecule has 1 atom stereocenters. The minimum atomic E-state index is 0. The van der Waals surface area contributed by atoms with Gasteiger partial charge in [-0.25, -0.2) is 0 Å². The summed E-state index contributed by atoms with van der Waals surface area (Å²) in [5, 5.41) is 16.0. The van der Waals surface area contributed by atoms with Gasteiger partial charge in [0.05, 0.1) is 13.2 Å². The lowest BCUT2D eigenvalue weighted by atomic mass is 9.84. The van der Waals surface area contributed by atoms with Gasteiger partial charge in [0.15, 0.2) is 5.96 Å². The Morgan fingerprint density at radius 1 is 1.27 bits per heavy atom. The van der Waals surface area contributed by atoms with Crippen molar-refractivity contribution < 1.29 is 14.6 Å². The van der Waals surface area contributed by atoms with E-state index in [9.17, 15) is 5.11 Å². The predicted octanol–water partition coefficient (Wildman–Crippen LogP) is 2.30. The van der Waals surface area contributed by atoms with Gasteiger partial charge in [0, 0.05) is 45.4 Å². The number of nitrogens with one attached hydrogen (secondary N) is 2. The highest BCUT2D eigenvalue weighted by molar-refractivity contribution is 14.0. The minimum absolute atomic E-state index is 0. The molecule has 1 heterocycles. The fraction of sp³-hybridized carbons (Fsp3) is 0.632. The summed E-state index contributed by atoms with van der Waals surface area (Å²) in [6.45, 7) is 6.49. The number of ether oxygens (including phenoxy) is 2. The fourth-order valence-electron chi connectivity index (χ4n) is 2.96. The predicted molar refractivity (Wildman–Crippen MR) is 115 cm³/mol. The third-order valence-electron chi connectivity index (χ3n) is 4.64. The summed E-state index contributed by atoms with van der Waals surface area (Å²) in [5.74, 6) is 0.766. The molecule has 0 spiro atoms. The summed E-state index contributed by atoms with van der Waals surface area (Å²) >= 11 is 0. The Hall–Kier alpha value is -0.900. The first-order valence-electron chi connectivity index (χ1n) is 9.00. The molecule has 1 aliphatic rings. The molecular formula is C19H32IN3O3. The van der Waals surface area contributed by atoms with Crippen LogP contribution in [0.4, 0.5) is 0 Å². The number of rotatable bonds is 9. The second kappa shape index (κ2) is 12.5. The molecule has 0 saturated carbocycles. The Morgan fingerprint density at radius 3 is 2.58 bits per heavy atom. The van der Waals surface area contributed by atoms with Gasteiger partial charge in [0.25, 0.3) is 0 Å². The Morgan fingerprint density at radius 2 is 2.00 bits per heavy atom.